The predicted octanol–water partition coefficient (Wildman–Crippen LogP) is 7.18. The zero-order valence-corrected chi connectivity index (χ0v) is 24.0. The molecule has 4 aromatic rings. The number of esters is 1. The van der Waals surface area contributed by atoms with Crippen LogP contribution in [0.25, 0.3) is 11.1 Å². The van der Waals surface area contributed by atoms with E-state index in [1.807, 2.05) is 68.6 Å². The molecule has 0 saturated heterocycles. The first-order valence-corrected chi connectivity index (χ1v) is 13.9. The normalized spacial score (nSPS) is 11.4. The van der Waals surface area contributed by atoms with Gasteiger partial charge in [-0.1, -0.05) is 42.0 Å². The molecule has 206 valence electrons. The maximum absolute atomic E-state index is 13.1. The van der Waals surface area contributed by atoms with Crippen molar-refractivity contribution in [1.29, 1.82) is 0 Å². The van der Waals surface area contributed by atoms with Crippen molar-refractivity contribution in [3.8, 4) is 16.9 Å². The fraction of sp³-hybridized carbons (Fsp3) is 0.219. The Morgan fingerprint density at radius 2 is 1.55 bits per heavy atom. The van der Waals surface area contributed by atoms with E-state index in [1.54, 1.807) is 38.1 Å². The van der Waals surface area contributed by atoms with Crippen LogP contribution >= 0.6 is 11.3 Å². The lowest BCUT2D eigenvalue weighted by atomic mass is 10.0. The summed E-state index contributed by atoms with van der Waals surface area (Å²) in [5.41, 5.74) is 6.13. The summed E-state index contributed by atoms with van der Waals surface area (Å²) in [5.74, 6) is -0.698. The van der Waals surface area contributed by atoms with Gasteiger partial charge < -0.3 is 20.1 Å². The first-order valence-electron chi connectivity index (χ1n) is 13.0. The molecule has 0 aliphatic rings. The van der Waals surface area contributed by atoms with Crippen LogP contribution in [0.4, 0.5) is 10.7 Å². The molecule has 2 N–H and O–H groups in total. The van der Waals surface area contributed by atoms with Crippen LogP contribution in [-0.2, 0) is 9.53 Å². The molecule has 0 radical (unpaired) electrons. The molecule has 0 aliphatic heterocycles. The Hall–Kier alpha value is -4.43. The second-order valence-electron chi connectivity index (χ2n) is 9.49. The molecule has 3 aromatic carbocycles. The molecule has 1 aromatic heterocycles. The van der Waals surface area contributed by atoms with E-state index in [2.05, 4.69) is 10.6 Å². The zero-order chi connectivity index (χ0) is 28.8. The van der Waals surface area contributed by atoms with Gasteiger partial charge >= 0.3 is 5.97 Å². The third kappa shape index (κ3) is 6.76. The van der Waals surface area contributed by atoms with Crippen LogP contribution in [0.15, 0.2) is 72.1 Å². The van der Waals surface area contributed by atoms with Crippen molar-refractivity contribution in [2.75, 3.05) is 17.2 Å². The van der Waals surface area contributed by atoms with Gasteiger partial charge in [0.15, 0.2) is 6.10 Å². The monoisotopic (exact) mass is 556 g/mol. The quantitative estimate of drug-likeness (QED) is 0.213. The third-order valence-corrected chi connectivity index (χ3v) is 7.21. The van der Waals surface area contributed by atoms with E-state index in [9.17, 15) is 14.4 Å². The highest BCUT2D eigenvalue weighted by molar-refractivity contribution is 7.15. The molecule has 0 spiro atoms. The second-order valence-corrected chi connectivity index (χ2v) is 10.4. The fourth-order valence-corrected chi connectivity index (χ4v) is 4.98. The van der Waals surface area contributed by atoms with Crippen LogP contribution in [0.3, 0.4) is 0 Å². The molecule has 1 unspecified atom stereocenters. The van der Waals surface area contributed by atoms with Crippen LogP contribution in [0.1, 0.15) is 51.3 Å². The lowest BCUT2D eigenvalue weighted by Crippen LogP contribution is -2.30. The smallest absolute Gasteiger partial charge is 0.341 e. The molecule has 0 aliphatic carbocycles. The summed E-state index contributed by atoms with van der Waals surface area (Å²) in [7, 11) is 0. The van der Waals surface area contributed by atoms with Gasteiger partial charge in [-0.2, -0.15) is 0 Å². The zero-order valence-electron chi connectivity index (χ0n) is 23.2. The van der Waals surface area contributed by atoms with Crippen LogP contribution < -0.4 is 15.4 Å². The number of carbonyl (C=O) groups is 3. The first-order chi connectivity index (χ1) is 19.2. The number of ether oxygens (including phenoxy) is 2. The minimum Gasteiger partial charge on any atom is -0.481 e. The number of hydrogen-bond acceptors (Lipinski definition) is 6. The van der Waals surface area contributed by atoms with E-state index in [4.69, 9.17) is 9.47 Å². The molecule has 1 heterocycles. The maximum atomic E-state index is 13.1. The number of amides is 2. The number of hydrogen-bond donors (Lipinski definition) is 2. The van der Waals surface area contributed by atoms with Gasteiger partial charge in [0.25, 0.3) is 11.8 Å². The van der Waals surface area contributed by atoms with Crippen LogP contribution in [0, 0.1) is 20.8 Å². The summed E-state index contributed by atoms with van der Waals surface area (Å²) in [6, 6.07) is 20.2. The highest BCUT2D eigenvalue weighted by atomic mass is 32.1. The van der Waals surface area contributed by atoms with E-state index in [0.717, 1.165) is 27.9 Å². The molecule has 4 rings (SSSR count). The highest BCUT2D eigenvalue weighted by Gasteiger charge is 2.23. The van der Waals surface area contributed by atoms with Crippen molar-refractivity contribution in [3.05, 3.63) is 99.9 Å². The highest BCUT2D eigenvalue weighted by Crippen LogP contribution is 2.36. The standard InChI is InChI=1S/C32H32N2O5S/c1-6-38-32(37)28-26(23-11-8-19(2)9-12-23)18-40-31(28)34-30(36)24-13-15-25(16-14-24)39-22(5)29(35)33-27-17-20(3)7-10-21(27)4/h7-18,22H,6H2,1-5H3,(H,33,35)(H,34,36). The molecule has 0 fully saturated rings. The SMILES string of the molecule is CCOC(=O)c1c(-c2ccc(C)cc2)csc1NC(=O)c1ccc(OC(C)C(=O)Nc2cc(C)ccc2C)cc1. The molecule has 0 bridgehead atoms. The Balaban J connectivity index is 1.45. The van der Waals surface area contributed by atoms with Gasteiger partial charge in [-0.05, 0) is 81.6 Å². The Labute approximate surface area is 238 Å². The lowest BCUT2D eigenvalue weighted by molar-refractivity contribution is -0.122. The summed E-state index contributed by atoms with van der Waals surface area (Å²) in [6.45, 7) is 9.52. The molecule has 1 atom stereocenters. The van der Waals surface area contributed by atoms with Gasteiger partial charge in [0.05, 0.1) is 6.61 Å². The molecule has 2 amide bonds. The summed E-state index contributed by atoms with van der Waals surface area (Å²) in [4.78, 5) is 38.6. The van der Waals surface area contributed by atoms with Crippen LogP contribution in [0.2, 0.25) is 0 Å². The molecular formula is C32H32N2O5S. The lowest BCUT2D eigenvalue weighted by Gasteiger charge is -2.16. The molecule has 7 nitrogen and oxygen atoms in total. The first kappa shape index (κ1) is 28.6. The van der Waals surface area contributed by atoms with E-state index in [-0.39, 0.29) is 18.4 Å². The maximum Gasteiger partial charge on any atom is 0.341 e. The van der Waals surface area contributed by atoms with Crippen molar-refractivity contribution < 1.29 is 23.9 Å². The minimum absolute atomic E-state index is 0.220. The van der Waals surface area contributed by atoms with E-state index >= 15 is 0 Å². The summed E-state index contributed by atoms with van der Waals surface area (Å²) < 4.78 is 11.1. The van der Waals surface area contributed by atoms with Gasteiger partial charge in [-0.25, -0.2) is 4.79 Å². The summed E-state index contributed by atoms with van der Waals surface area (Å²) >= 11 is 1.27. The number of benzene rings is 3. The molecule has 0 saturated carbocycles. The second kappa shape index (κ2) is 12.6. The number of anilines is 2. The van der Waals surface area contributed by atoms with Gasteiger partial charge in [0, 0.05) is 22.2 Å². The number of carbonyl (C=O) groups excluding carboxylic acids is 3. The molecule has 8 heteroatoms. The van der Waals surface area contributed by atoms with Crippen molar-refractivity contribution in [3.63, 3.8) is 0 Å². The molecule has 40 heavy (non-hydrogen) atoms. The van der Waals surface area contributed by atoms with Crippen molar-refractivity contribution in [2.24, 2.45) is 0 Å². The fourth-order valence-electron chi connectivity index (χ4n) is 4.02. The Bertz CT molecular complexity index is 1520. The summed E-state index contributed by atoms with van der Waals surface area (Å²) in [6.07, 6.45) is -0.752. The largest absolute Gasteiger partial charge is 0.481 e. The van der Waals surface area contributed by atoms with Crippen LogP contribution in [-0.4, -0.2) is 30.5 Å². The number of thiophene rings is 1. The number of nitrogens with one attached hydrogen (secondary N) is 2. The van der Waals surface area contributed by atoms with E-state index in [1.165, 1.54) is 11.3 Å². The number of rotatable bonds is 9. The van der Waals surface area contributed by atoms with Crippen molar-refractivity contribution in [1.82, 2.24) is 0 Å². The van der Waals surface area contributed by atoms with Crippen molar-refractivity contribution in [2.45, 2.75) is 40.7 Å². The minimum atomic E-state index is -0.752. The van der Waals surface area contributed by atoms with E-state index in [0.29, 0.717) is 27.4 Å². The van der Waals surface area contributed by atoms with Gasteiger partial charge in [0.1, 0.15) is 16.3 Å². The Morgan fingerprint density at radius 3 is 2.23 bits per heavy atom. The van der Waals surface area contributed by atoms with Gasteiger partial charge in [0.2, 0.25) is 0 Å². The summed E-state index contributed by atoms with van der Waals surface area (Å²) in [5, 5.41) is 8.01. The molecular weight excluding hydrogens is 524 g/mol. The average Bonchev–Trinajstić information content (AvgIpc) is 3.35. The third-order valence-electron chi connectivity index (χ3n) is 6.31. The average molecular weight is 557 g/mol. The predicted molar refractivity (Wildman–Crippen MR) is 159 cm³/mol. The van der Waals surface area contributed by atoms with Gasteiger partial charge in [-0.3, -0.25) is 9.59 Å². The van der Waals surface area contributed by atoms with Gasteiger partial charge in [-0.15, -0.1) is 11.3 Å². The Morgan fingerprint density at radius 1 is 0.875 bits per heavy atom. The number of aryl methyl sites for hydroxylation is 3. The van der Waals surface area contributed by atoms with E-state index < -0.39 is 12.1 Å². The van der Waals surface area contributed by atoms with Crippen LogP contribution in [0.5, 0.6) is 5.75 Å². The van der Waals surface area contributed by atoms with Crippen molar-refractivity contribution >= 4 is 39.8 Å². The Kier molecular flexibility index (Phi) is 9.01. The topological polar surface area (TPSA) is 93.7 Å².